The molecule has 0 spiro atoms. The summed E-state index contributed by atoms with van der Waals surface area (Å²) in [5.41, 5.74) is 2.45. The molecule has 27 heavy (non-hydrogen) atoms. The van der Waals surface area contributed by atoms with Crippen molar-refractivity contribution in [2.75, 3.05) is 5.32 Å². The Hall–Kier alpha value is -2.74. The van der Waals surface area contributed by atoms with Gasteiger partial charge in [-0.15, -0.1) is 11.3 Å². The SMILES string of the molecule is O=C(Nc1cc(C2CC2)nn1-c1nc2c(c(=O)[nH]1)CCCC2)c1cccs1. The van der Waals surface area contributed by atoms with E-state index in [0.717, 1.165) is 55.5 Å². The molecule has 3 aromatic rings. The molecule has 2 aliphatic carbocycles. The van der Waals surface area contributed by atoms with Gasteiger partial charge in [-0.3, -0.25) is 14.6 Å². The lowest BCUT2D eigenvalue weighted by atomic mass is 9.97. The number of H-pyrrole nitrogens is 1. The van der Waals surface area contributed by atoms with Crippen LogP contribution in [-0.2, 0) is 12.8 Å². The zero-order valence-electron chi connectivity index (χ0n) is 14.7. The number of aromatic amines is 1. The molecule has 0 unspecified atom stereocenters. The number of hydrogen-bond acceptors (Lipinski definition) is 5. The Bertz CT molecular complexity index is 1060. The molecule has 0 atom stereocenters. The van der Waals surface area contributed by atoms with E-state index >= 15 is 0 Å². The molecule has 138 valence electrons. The van der Waals surface area contributed by atoms with Gasteiger partial charge >= 0.3 is 0 Å². The summed E-state index contributed by atoms with van der Waals surface area (Å²) in [6.45, 7) is 0. The fourth-order valence-electron chi connectivity index (χ4n) is 3.50. The van der Waals surface area contributed by atoms with Gasteiger partial charge in [0.05, 0.1) is 16.3 Å². The zero-order chi connectivity index (χ0) is 18.4. The van der Waals surface area contributed by atoms with E-state index in [4.69, 9.17) is 0 Å². The van der Waals surface area contributed by atoms with Crippen LogP contribution in [0, 0.1) is 0 Å². The predicted molar refractivity (Wildman–Crippen MR) is 103 cm³/mol. The molecular formula is C19H19N5O2S. The summed E-state index contributed by atoms with van der Waals surface area (Å²) >= 11 is 1.38. The van der Waals surface area contributed by atoms with Gasteiger partial charge in [0.1, 0.15) is 5.82 Å². The number of hydrogen-bond donors (Lipinski definition) is 2. The normalized spacial score (nSPS) is 16.1. The van der Waals surface area contributed by atoms with Gasteiger partial charge < -0.3 is 5.32 Å². The molecule has 0 saturated heterocycles. The number of rotatable bonds is 4. The van der Waals surface area contributed by atoms with Gasteiger partial charge in [0.2, 0.25) is 5.95 Å². The minimum Gasteiger partial charge on any atom is -0.306 e. The van der Waals surface area contributed by atoms with Gasteiger partial charge in [-0.1, -0.05) is 6.07 Å². The second kappa shape index (κ2) is 6.45. The van der Waals surface area contributed by atoms with Crippen LogP contribution >= 0.6 is 11.3 Å². The van der Waals surface area contributed by atoms with E-state index in [2.05, 4.69) is 20.4 Å². The van der Waals surface area contributed by atoms with E-state index in [0.29, 0.717) is 22.6 Å². The highest BCUT2D eigenvalue weighted by Gasteiger charge is 2.29. The number of thiophene rings is 1. The third kappa shape index (κ3) is 3.10. The smallest absolute Gasteiger partial charge is 0.266 e. The van der Waals surface area contributed by atoms with E-state index in [1.165, 1.54) is 11.3 Å². The van der Waals surface area contributed by atoms with E-state index in [9.17, 15) is 9.59 Å². The molecule has 1 saturated carbocycles. The summed E-state index contributed by atoms with van der Waals surface area (Å²) in [5, 5.41) is 9.43. The summed E-state index contributed by atoms with van der Waals surface area (Å²) in [4.78, 5) is 33.2. The van der Waals surface area contributed by atoms with Crippen molar-refractivity contribution >= 4 is 23.1 Å². The average Bonchev–Trinajstić information content (AvgIpc) is 3.21. The summed E-state index contributed by atoms with van der Waals surface area (Å²) in [5.74, 6) is 1.14. The number of aryl methyl sites for hydroxylation is 1. The van der Waals surface area contributed by atoms with Crippen molar-refractivity contribution in [3.63, 3.8) is 0 Å². The van der Waals surface area contributed by atoms with Crippen molar-refractivity contribution in [2.24, 2.45) is 0 Å². The van der Waals surface area contributed by atoms with Crippen LogP contribution in [0.25, 0.3) is 5.95 Å². The Kier molecular flexibility index (Phi) is 3.93. The van der Waals surface area contributed by atoms with Gasteiger partial charge in [0.25, 0.3) is 11.5 Å². The fraction of sp³-hybridized carbons (Fsp3) is 0.368. The highest BCUT2D eigenvalue weighted by Crippen LogP contribution is 2.40. The van der Waals surface area contributed by atoms with Crippen LogP contribution in [0.1, 0.15) is 58.2 Å². The average molecular weight is 381 g/mol. The van der Waals surface area contributed by atoms with Crippen molar-refractivity contribution in [3.05, 3.63) is 55.8 Å². The largest absolute Gasteiger partial charge is 0.306 e. The molecule has 5 rings (SSSR count). The van der Waals surface area contributed by atoms with Crippen LogP contribution in [0.4, 0.5) is 5.82 Å². The highest BCUT2D eigenvalue weighted by atomic mass is 32.1. The highest BCUT2D eigenvalue weighted by molar-refractivity contribution is 7.12. The Morgan fingerprint density at radius 3 is 2.93 bits per heavy atom. The van der Waals surface area contributed by atoms with Gasteiger partial charge in [-0.25, -0.2) is 4.98 Å². The molecule has 0 aliphatic heterocycles. The molecule has 8 heteroatoms. The second-order valence-electron chi connectivity index (χ2n) is 7.09. The second-order valence-corrected chi connectivity index (χ2v) is 8.04. The minimum atomic E-state index is -0.186. The Labute approximate surface area is 159 Å². The molecule has 7 nitrogen and oxygen atoms in total. The maximum absolute atomic E-state index is 12.5. The van der Waals surface area contributed by atoms with Crippen molar-refractivity contribution < 1.29 is 4.79 Å². The molecule has 3 heterocycles. The summed E-state index contributed by atoms with van der Waals surface area (Å²) < 4.78 is 1.56. The van der Waals surface area contributed by atoms with Crippen molar-refractivity contribution in [2.45, 2.75) is 44.4 Å². The van der Waals surface area contributed by atoms with Gasteiger partial charge in [-0.2, -0.15) is 9.78 Å². The first-order chi connectivity index (χ1) is 13.2. The number of nitrogens with one attached hydrogen (secondary N) is 2. The van der Waals surface area contributed by atoms with Gasteiger partial charge in [0.15, 0.2) is 0 Å². The van der Waals surface area contributed by atoms with E-state index in [1.807, 2.05) is 17.5 Å². The lowest BCUT2D eigenvalue weighted by Gasteiger charge is -2.15. The summed E-state index contributed by atoms with van der Waals surface area (Å²) in [6.07, 6.45) is 5.84. The maximum Gasteiger partial charge on any atom is 0.266 e. The molecule has 0 aromatic carbocycles. The first kappa shape index (κ1) is 16.4. The number of anilines is 1. The monoisotopic (exact) mass is 381 g/mol. The van der Waals surface area contributed by atoms with Crippen LogP contribution in [0.2, 0.25) is 0 Å². The fourth-order valence-corrected chi connectivity index (χ4v) is 4.12. The number of carbonyl (C=O) groups is 1. The third-order valence-electron chi connectivity index (χ3n) is 5.09. The first-order valence-electron chi connectivity index (χ1n) is 9.26. The topological polar surface area (TPSA) is 92.7 Å². The van der Waals surface area contributed by atoms with E-state index < -0.39 is 0 Å². The van der Waals surface area contributed by atoms with Crippen LogP contribution in [0.15, 0.2) is 28.4 Å². The summed E-state index contributed by atoms with van der Waals surface area (Å²) in [7, 11) is 0. The van der Waals surface area contributed by atoms with Crippen molar-refractivity contribution in [1.82, 2.24) is 19.7 Å². The van der Waals surface area contributed by atoms with Crippen LogP contribution in [0.5, 0.6) is 0 Å². The van der Waals surface area contributed by atoms with Gasteiger partial charge in [0, 0.05) is 17.5 Å². The van der Waals surface area contributed by atoms with E-state index in [-0.39, 0.29) is 11.5 Å². The van der Waals surface area contributed by atoms with Crippen LogP contribution < -0.4 is 10.9 Å². The van der Waals surface area contributed by atoms with Gasteiger partial charge in [-0.05, 0) is 50.0 Å². The van der Waals surface area contributed by atoms with Crippen molar-refractivity contribution in [1.29, 1.82) is 0 Å². The van der Waals surface area contributed by atoms with Crippen LogP contribution in [0.3, 0.4) is 0 Å². The number of amides is 1. The molecule has 3 aromatic heterocycles. The quantitative estimate of drug-likeness (QED) is 0.726. The molecule has 2 N–H and O–H groups in total. The number of carbonyl (C=O) groups excluding carboxylic acids is 1. The molecule has 2 aliphatic rings. The van der Waals surface area contributed by atoms with Crippen LogP contribution in [-0.4, -0.2) is 25.7 Å². The Morgan fingerprint density at radius 1 is 1.30 bits per heavy atom. The Balaban J connectivity index is 1.56. The number of fused-ring (bicyclic) bond motifs is 1. The molecule has 0 bridgehead atoms. The number of aromatic nitrogens is 4. The lowest BCUT2D eigenvalue weighted by Crippen LogP contribution is -2.24. The molecular weight excluding hydrogens is 362 g/mol. The Morgan fingerprint density at radius 2 is 2.15 bits per heavy atom. The van der Waals surface area contributed by atoms with E-state index in [1.54, 1.807) is 10.7 Å². The minimum absolute atomic E-state index is 0.103. The summed E-state index contributed by atoms with van der Waals surface area (Å²) in [6, 6.07) is 5.51. The standard InChI is InChI=1S/C19H19N5O2S/c25-17-12-4-1-2-5-13(12)20-19(22-17)24-16(10-14(23-24)11-7-8-11)21-18(26)15-6-3-9-27-15/h3,6,9-11H,1-2,4-5,7-8H2,(H,21,26)(H,20,22,25). The lowest BCUT2D eigenvalue weighted by molar-refractivity contribution is 0.103. The first-order valence-corrected chi connectivity index (χ1v) is 10.1. The zero-order valence-corrected chi connectivity index (χ0v) is 15.5. The molecule has 0 radical (unpaired) electrons. The third-order valence-corrected chi connectivity index (χ3v) is 5.96. The predicted octanol–water partition coefficient (Wildman–Crippen LogP) is 3.03. The number of nitrogens with zero attached hydrogens (tertiary/aromatic N) is 3. The molecule has 1 fully saturated rings. The maximum atomic E-state index is 12.5. The molecule has 1 amide bonds. The van der Waals surface area contributed by atoms with Crippen molar-refractivity contribution in [3.8, 4) is 5.95 Å².